The molecule has 0 aliphatic heterocycles. The Hall–Kier alpha value is -4.52. The summed E-state index contributed by atoms with van der Waals surface area (Å²) in [5, 5.41) is 10.7. The summed E-state index contributed by atoms with van der Waals surface area (Å²) in [6, 6.07) is 23.2. The van der Waals surface area contributed by atoms with Crippen molar-refractivity contribution in [3.8, 4) is 0 Å². The average Bonchev–Trinajstić information content (AvgIpc) is 3.32. The number of pyridine rings is 2. The summed E-state index contributed by atoms with van der Waals surface area (Å²) in [5.74, 6) is -0.513. The van der Waals surface area contributed by atoms with Crippen LogP contribution in [-0.2, 0) is 12.8 Å². The molecular formula is C28H23N5O2. The van der Waals surface area contributed by atoms with E-state index in [2.05, 4.69) is 43.6 Å². The maximum atomic E-state index is 13.2. The van der Waals surface area contributed by atoms with E-state index in [-0.39, 0.29) is 18.0 Å². The van der Waals surface area contributed by atoms with E-state index in [0.717, 1.165) is 27.9 Å². The van der Waals surface area contributed by atoms with E-state index in [1.165, 1.54) is 0 Å². The van der Waals surface area contributed by atoms with Crippen LogP contribution in [0.2, 0.25) is 0 Å². The van der Waals surface area contributed by atoms with Crippen LogP contribution in [0, 0.1) is 6.92 Å². The molecule has 0 amide bonds. The molecule has 5 rings (SSSR count). The molecule has 172 valence electrons. The zero-order valence-electron chi connectivity index (χ0n) is 19.2. The van der Waals surface area contributed by atoms with Gasteiger partial charge in [0.05, 0.1) is 6.42 Å². The standard InChI is InChI=1S/C28H23N5O2/c1-18-9-10-29-25(11-18)27(35)17-26(34)22-14-20(12-19-5-3-2-4-6-19)13-21(15-22)16-23-7-8-24-28(30-23)32-33-31-24/h2-11,13-15H,12,16-17H2,1H3,(H,30,31,32,33). The Morgan fingerprint density at radius 3 is 2.40 bits per heavy atom. The lowest BCUT2D eigenvalue weighted by Crippen LogP contribution is -2.11. The van der Waals surface area contributed by atoms with Gasteiger partial charge in [-0.2, -0.15) is 10.3 Å². The van der Waals surface area contributed by atoms with Crippen molar-refractivity contribution in [3.05, 3.63) is 118 Å². The molecule has 0 aliphatic rings. The van der Waals surface area contributed by atoms with Crippen molar-refractivity contribution in [3.63, 3.8) is 0 Å². The van der Waals surface area contributed by atoms with Crippen molar-refractivity contribution in [2.45, 2.75) is 26.2 Å². The molecule has 0 saturated heterocycles. The Morgan fingerprint density at radius 2 is 1.60 bits per heavy atom. The smallest absolute Gasteiger partial charge is 0.201 e. The minimum atomic E-state index is -0.285. The van der Waals surface area contributed by atoms with Gasteiger partial charge in [-0.1, -0.05) is 36.4 Å². The van der Waals surface area contributed by atoms with Crippen molar-refractivity contribution in [1.82, 2.24) is 25.4 Å². The number of Topliss-reactive ketones (excluding diaryl/α,β-unsaturated/α-hetero) is 2. The first-order chi connectivity index (χ1) is 17.0. The third-order valence-corrected chi connectivity index (χ3v) is 5.77. The molecule has 7 nitrogen and oxygen atoms in total. The summed E-state index contributed by atoms with van der Waals surface area (Å²) in [4.78, 5) is 34.6. The first-order valence-corrected chi connectivity index (χ1v) is 11.4. The first-order valence-electron chi connectivity index (χ1n) is 11.4. The quantitative estimate of drug-likeness (QED) is 0.266. The van der Waals surface area contributed by atoms with Gasteiger partial charge in [0.2, 0.25) is 5.65 Å². The number of fused-ring (bicyclic) bond motifs is 1. The van der Waals surface area contributed by atoms with E-state index in [1.54, 1.807) is 12.3 Å². The van der Waals surface area contributed by atoms with Crippen molar-refractivity contribution in [2.75, 3.05) is 0 Å². The zero-order chi connectivity index (χ0) is 24.2. The molecule has 0 spiro atoms. The molecule has 0 atom stereocenters. The monoisotopic (exact) mass is 461 g/mol. The highest BCUT2D eigenvalue weighted by Gasteiger charge is 2.17. The summed E-state index contributed by atoms with van der Waals surface area (Å²) in [7, 11) is 0. The highest BCUT2D eigenvalue weighted by molar-refractivity contribution is 6.13. The van der Waals surface area contributed by atoms with Gasteiger partial charge < -0.3 is 0 Å². The molecule has 0 fully saturated rings. The number of ketones is 2. The van der Waals surface area contributed by atoms with E-state index < -0.39 is 0 Å². The Morgan fingerprint density at radius 1 is 0.800 bits per heavy atom. The van der Waals surface area contributed by atoms with Crippen LogP contribution in [0.5, 0.6) is 0 Å². The Kier molecular flexibility index (Phi) is 6.22. The predicted octanol–water partition coefficient (Wildman–Crippen LogP) is 4.69. The molecule has 1 N–H and O–H groups in total. The molecule has 3 aromatic heterocycles. The number of hydrogen-bond donors (Lipinski definition) is 1. The highest BCUT2D eigenvalue weighted by Crippen LogP contribution is 2.20. The maximum absolute atomic E-state index is 13.2. The van der Waals surface area contributed by atoms with Gasteiger partial charge in [0, 0.05) is 23.9 Å². The molecule has 7 heteroatoms. The topological polar surface area (TPSA) is 101 Å². The SMILES string of the molecule is Cc1ccnc(C(=O)CC(=O)c2cc(Cc3ccccc3)cc(Cc3ccc4n[nH]nc4n3)c2)c1. The van der Waals surface area contributed by atoms with E-state index in [1.807, 2.05) is 55.5 Å². The number of aromatic nitrogens is 5. The van der Waals surface area contributed by atoms with E-state index in [0.29, 0.717) is 35.3 Å². The minimum absolute atomic E-state index is 0.227. The molecule has 0 saturated carbocycles. The van der Waals surface area contributed by atoms with Crippen LogP contribution in [0.1, 0.15) is 55.2 Å². The fraction of sp³-hybridized carbons (Fsp3) is 0.143. The molecule has 0 unspecified atom stereocenters. The maximum Gasteiger partial charge on any atom is 0.201 e. The average molecular weight is 462 g/mol. The fourth-order valence-corrected chi connectivity index (χ4v) is 4.07. The number of aryl methyl sites for hydroxylation is 1. The summed E-state index contributed by atoms with van der Waals surface area (Å²) >= 11 is 0. The Labute approximate surface area is 202 Å². The third kappa shape index (κ3) is 5.35. The van der Waals surface area contributed by atoms with Crippen LogP contribution >= 0.6 is 0 Å². The second kappa shape index (κ2) is 9.77. The molecule has 35 heavy (non-hydrogen) atoms. The lowest BCUT2D eigenvalue weighted by Gasteiger charge is -2.10. The number of nitrogens with one attached hydrogen (secondary N) is 1. The second-order valence-corrected chi connectivity index (χ2v) is 8.59. The first kappa shape index (κ1) is 22.3. The number of hydrogen-bond acceptors (Lipinski definition) is 6. The summed E-state index contributed by atoms with van der Waals surface area (Å²) in [5.41, 5.74) is 6.91. The van der Waals surface area contributed by atoms with Gasteiger partial charge in [-0.3, -0.25) is 14.6 Å². The number of nitrogens with zero attached hydrogens (tertiary/aromatic N) is 4. The number of rotatable bonds is 8. The predicted molar refractivity (Wildman–Crippen MR) is 132 cm³/mol. The Bertz CT molecular complexity index is 1530. The molecule has 3 heterocycles. The largest absolute Gasteiger partial charge is 0.294 e. The summed E-state index contributed by atoms with van der Waals surface area (Å²) < 4.78 is 0. The van der Waals surface area contributed by atoms with Gasteiger partial charge in [-0.25, -0.2) is 4.98 Å². The fourth-order valence-electron chi connectivity index (χ4n) is 4.07. The van der Waals surface area contributed by atoms with Crippen LogP contribution in [-0.4, -0.2) is 36.9 Å². The minimum Gasteiger partial charge on any atom is -0.294 e. The van der Waals surface area contributed by atoms with Gasteiger partial charge in [0.15, 0.2) is 11.6 Å². The zero-order valence-corrected chi connectivity index (χ0v) is 19.2. The van der Waals surface area contributed by atoms with Crippen LogP contribution in [0.15, 0.2) is 79.0 Å². The lowest BCUT2D eigenvalue weighted by atomic mass is 9.94. The van der Waals surface area contributed by atoms with Gasteiger partial charge in [-0.05, 0) is 72.0 Å². The van der Waals surface area contributed by atoms with Crippen LogP contribution in [0.4, 0.5) is 0 Å². The van der Waals surface area contributed by atoms with Gasteiger partial charge in [-0.15, -0.1) is 5.10 Å². The van der Waals surface area contributed by atoms with Crippen molar-refractivity contribution >= 4 is 22.7 Å². The lowest BCUT2D eigenvalue weighted by molar-refractivity contribution is 0.0891. The molecule has 0 aliphatic carbocycles. The Balaban J connectivity index is 1.44. The molecule has 0 bridgehead atoms. The van der Waals surface area contributed by atoms with Crippen LogP contribution < -0.4 is 0 Å². The van der Waals surface area contributed by atoms with Gasteiger partial charge in [0.1, 0.15) is 11.2 Å². The molecular weight excluding hydrogens is 438 g/mol. The number of carbonyl (C=O) groups excluding carboxylic acids is 2. The van der Waals surface area contributed by atoms with Crippen molar-refractivity contribution in [2.24, 2.45) is 0 Å². The normalized spacial score (nSPS) is 11.0. The number of benzene rings is 2. The van der Waals surface area contributed by atoms with Gasteiger partial charge >= 0.3 is 0 Å². The van der Waals surface area contributed by atoms with Gasteiger partial charge in [0.25, 0.3) is 0 Å². The van der Waals surface area contributed by atoms with E-state index in [9.17, 15) is 9.59 Å². The number of aromatic amines is 1. The van der Waals surface area contributed by atoms with Crippen molar-refractivity contribution in [1.29, 1.82) is 0 Å². The van der Waals surface area contributed by atoms with Crippen LogP contribution in [0.25, 0.3) is 11.2 Å². The van der Waals surface area contributed by atoms with Crippen LogP contribution in [0.3, 0.4) is 0 Å². The highest BCUT2D eigenvalue weighted by atomic mass is 16.1. The van der Waals surface area contributed by atoms with Crippen molar-refractivity contribution < 1.29 is 9.59 Å². The number of H-pyrrole nitrogens is 1. The summed E-state index contributed by atoms with van der Waals surface area (Å²) in [6.07, 6.45) is 2.56. The number of carbonyl (C=O) groups is 2. The molecule has 2 aromatic carbocycles. The molecule has 5 aromatic rings. The van der Waals surface area contributed by atoms with E-state index >= 15 is 0 Å². The molecule has 0 radical (unpaired) electrons. The van der Waals surface area contributed by atoms with E-state index in [4.69, 9.17) is 0 Å². The third-order valence-electron chi connectivity index (χ3n) is 5.77. The summed E-state index contributed by atoms with van der Waals surface area (Å²) in [6.45, 7) is 1.89. The second-order valence-electron chi connectivity index (χ2n) is 8.59.